The summed E-state index contributed by atoms with van der Waals surface area (Å²) in [7, 11) is -0.242. The van der Waals surface area contributed by atoms with Crippen LogP contribution in [0.2, 0.25) is 0 Å². The minimum Gasteiger partial charge on any atom is -0.495 e. The van der Waals surface area contributed by atoms with E-state index in [0.29, 0.717) is 12.3 Å². The Morgan fingerprint density at radius 2 is 2.24 bits per heavy atom. The summed E-state index contributed by atoms with van der Waals surface area (Å²) in [6.45, 7) is 0.617. The fourth-order valence-electron chi connectivity index (χ4n) is 2.36. The van der Waals surface area contributed by atoms with Gasteiger partial charge >= 0.3 is 0 Å². The summed E-state index contributed by atoms with van der Waals surface area (Å²) in [6, 6.07) is 5.25. The van der Waals surface area contributed by atoms with Crippen molar-refractivity contribution >= 4 is 21.8 Å². The number of hydrogen-bond donors (Lipinski definition) is 2. The van der Waals surface area contributed by atoms with Crippen molar-refractivity contribution in [1.29, 1.82) is 0 Å². The average Bonchev–Trinajstić information content (AvgIpc) is 2.48. The standard InChI is InChI=1S/C14H22N2O3S2/c1-15-9-11-5-6-13(19-2)14(8-11)21(17,18)16-12-4-3-7-20-10-12/h5-6,8,12,15-16H,3-4,7,9-10H2,1-2H3. The van der Waals surface area contributed by atoms with E-state index in [2.05, 4.69) is 10.0 Å². The van der Waals surface area contributed by atoms with Gasteiger partial charge in [-0.15, -0.1) is 0 Å². The molecule has 0 spiro atoms. The summed E-state index contributed by atoms with van der Waals surface area (Å²) in [5.74, 6) is 2.32. The summed E-state index contributed by atoms with van der Waals surface area (Å²) in [6.07, 6.45) is 1.94. The van der Waals surface area contributed by atoms with Crippen LogP contribution < -0.4 is 14.8 Å². The van der Waals surface area contributed by atoms with Gasteiger partial charge in [0, 0.05) is 18.3 Å². The molecular formula is C14H22N2O3S2. The van der Waals surface area contributed by atoms with Gasteiger partial charge in [0.15, 0.2) is 0 Å². The Morgan fingerprint density at radius 1 is 1.43 bits per heavy atom. The molecule has 2 rings (SSSR count). The lowest BCUT2D eigenvalue weighted by molar-refractivity contribution is 0.401. The summed E-state index contributed by atoms with van der Waals surface area (Å²) in [5, 5.41) is 3.02. The predicted molar refractivity (Wildman–Crippen MR) is 86.4 cm³/mol. The molecule has 0 aliphatic carbocycles. The summed E-state index contributed by atoms with van der Waals surface area (Å²) in [5.41, 5.74) is 0.914. The number of methoxy groups -OCH3 is 1. The molecule has 0 saturated carbocycles. The minimum atomic E-state index is -3.56. The first-order valence-electron chi connectivity index (χ1n) is 6.98. The van der Waals surface area contributed by atoms with Crippen molar-refractivity contribution in [3.63, 3.8) is 0 Å². The van der Waals surface area contributed by atoms with E-state index in [9.17, 15) is 8.42 Å². The Labute approximate surface area is 130 Å². The Hall–Kier alpha value is -0.760. The van der Waals surface area contributed by atoms with Crippen molar-refractivity contribution in [3.8, 4) is 5.75 Å². The van der Waals surface area contributed by atoms with Crippen LogP contribution in [0.25, 0.3) is 0 Å². The molecular weight excluding hydrogens is 308 g/mol. The van der Waals surface area contributed by atoms with E-state index in [4.69, 9.17) is 4.74 Å². The van der Waals surface area contributed by atoms with Gasteiger partial charge in [-0.3, -0.25) is 0 Å². The summed E-state index contributed by atoms with van der Waals surface area (Å²) < 4.78 is 33.2. The zero-order valence-electron chi connectivity index (χ0n) is 12.4. The quantitative estimate of drug-likeness (QED) is 0.829. The van der Waals surface area contributed by atoms with Crippen LogP contribution in [-0.2, 0) is 16.6 Å². The normalized spacial score (nSPS) is 19.4. The van der Waals surface area contributed by atoms with Gasteiger partial charge in [0.05, 0.1) is 7.11 Å². The molecule has 7 heteroatoms. The molecule has 1 aliphatic rings. The van der Waals surface area contributed by atoms with Crippen LogP contribution in [-0.4, -0.2) is 40.1 Å². The Bertz CT molecular complexity index is 570. The van der Waals surface area contributed by atoms with Crippen LogP contribution in [0.5, 0.6) is 5.75 Å². The zero-order valence-corrected chi connectivity index (χ0v) is 14.0. The van der Waals surface area contributed by atoms with Crippen molar-refractivity contribution in [1.82, 2.24) is 10.0 Å². The van der Waals surface area contributed by atoms with E-state index in [1.807, 2.05) is 13.1 Å². The number of benzene rings is 1. The van der Waals surface area contributed by atoms with Gasteiger partial charge in [0.1, 0.15) is 10.6 Å². The molecule has 0 radical (unpaired) electrons. The number of thioether (sulfide) groups is 1. The lowest BCUT2D eigenvalue weighted by Crippen LogP contribution is -2.38. The van der Waals surface area contributed by atoms with E-state index in [0.717, 1.165) is 29.9 Å². The van der Waals surface area contributed by atoms with Crippen molar-refractivity contribution in [2.45, 2.75) is 30.3 Å². The van der Waals surface area contributed by atoms with Gasteiger partial charge in [-0.25, -0.2) is 13.1 Å². The largest absolute Gasteiger partial charge is 0.495 e. The summed E-state index contributed by atoms with van der Waals surface area (Å²) in [4.78, 5) is 0.216. The maximum absolute atomic E-state index is 12.6. The molecule has 2 N–H and O–H groups in total. The molecule has 1 aromatic rings. The number of hydrogen-bond acceptors (Lipinski definition) is 5. The van der Waals surface area contributed by atoms with Gasteiger partial charge in [-0.2, -0.15) is 11.8 Å². The average molecular weight is 330 g/mol. The SMILES string of the molecule is CNCc1ccc(OC)c(S(=O)(=O)NC2CCCSC2)c1. The van der Waals surface area contributed by atoms with Crippen molar-refractivity contribution in [3.05, 3.63) is 23.8 Å². The van der Waals surface area contributed by atoms with Gasteiger partial charge in [0.2, 0.25) is 10.0 Å². The van der Waals surface area contributed by atoms with E-state index in [-0.39, 0.29) is 10.9 Å². The molecule has 1 aliphatic heterocycles. The van der Waals surface area contributed by atoms with Crippen molar-refractivity contribution in [2.75, 3.05) is 25.7 Å². The van der Waals surface area contributed by atoms with Crippen molar-refractivity contribution < 1.29 is 13.2 Å². The van der Waals surface area contributed by atoms with Crippen LogP contribution in [0, 0.1) is 0 Å². The number of nitrogens with one attached hydrogen (secondary N) is 2. The highest BCUT2D eigenvalue weighted by Crippen LogP contribution is 2.26. The smallest absolute Gasteiger partial charge is 0.244 e. The first kappa shape index (κ1) is 16.6. The molecule has 1 aromatic carbocycles. The van der Waals surface area contributed by atoms with Crippen LogP contribution in [0.3, 0.4) is 0 Å². The van der Waals surface area contributed by atoms with E-state index in [1.54, 1.807) is 23.9 Å². The van der Waals surface area contributed by atoms with Gasteiger partial charge < -0.3 is 10.1 Å². The topological polar surface area (TPSA) is 67.4 Å². The van der Waals surface area contributed by atoms with Crippen LogP contribution >= 0.6 is 11.8 Å². The molecule has 5 nitrogen and oxygen atoms in total. The molecule has 1 fully saturated rings. The highest BCUT2D eigenvalue weighted by molar-refractivity contribution is 7.99. The third kappa shape index (κ3) is 4.35. The Balaban J connectivity index is 2.26. The van der Waals surface area contributed by atoms with Gasteiger partial charge in [0.25, 0.3) is 0 Å². The Kier molecular flexibility index (Phi) is 5.92. The molecule has 0 aromatic heterocycles. The van der Waals surface area contributed by atoms with E-state index >= 15 is 0 Å². The first-order chi connectivity index (χ1) is 10.1. The highest BCUT2D eigenvalue weighted by Gasteiger charge is 2.25. The van der Waals surface area contributed by atoms with Gasteiger partial charge in [-0.1, -0.05) is 6.07 Å². The highest BCUT2D eigenvalue weighted by atomic mass is 32.2. The zero-order chi connectivity index (χ0) is 15.3. The fourth-order valence-corrected chi connectivity index (χ4v) is 5.03. The van der Waals surface area contributed by atoms with Crippen molar-refractivity contribution in [2.24, 2.45) is 0 Å². The Morgan fingerprint density at radius 3 is 2.86 bits per heavy atom. The number of rotatable bonds is 6. The molecule has 21 heavy (non-hydrogen) atoms. The predicted octanol–water partition coefficient (Wildman–Crippen LogP) is 1.59. The maximum Gasteiger partial charge on any atom is 0.244 e. The molecule has 1 unspecified atom stereocenters. The number of ether oxygens (including phenoxy) is 1. The third-order valence-corrected chi connectivity index (χ3v) is 6.14. The van der Waals surface area contributed by atoms with Crippen LogP contribution in [0.15, 0.2) is 23.1 Å². The molecule has 1 atom stereocenters. The molecule has 0 bridgehead atoms. The summed E-state index contributed by atoms with van der Waals surface area (Å²) >= 11 is 1.79. The van der Waals surface area contributed by atoms with E-state index < -0.39 is 10.0 Å². The molecule has 1 heterocycles. The molecule has 1 saturated heterocycles. The lowest BCUT2D eigenvalue weighted by atomic mass is 10.2. The van der Waals surface area contributed by atoms with Crippen LogP contribution in [0.1, 0.15) is 18.4 Å². The first-order valence-corrected chi connectivity index (χ1v) is 9.62. The number of sulfonamides is 1. The fraction of sp³-hybridized carbons (Fsp3) is 0.571. The monoisotopic (exact) mass is 330 g/mol. The van der Waals surface area contributed by atoms with Crippen LogP contribution in [0.4, 0.5) is 0 Å². The lowest BCUT2D eigenvalue weighted by Gasteiger charge is -2.23. The minimum absolute atomic E-state index is 0.00594. The second-order valence-corrected chi connectivity index (χ2v) is 7.88. The third-order valence-electron chi connectivity index (χ3n) is 3.38. The molecule has 118 valence electrons. The van der Waals surface area contributed by atoms with Gasteiger partial charge in [-0.05, 0) is 43.3 Å². The second kappa shape index (κ2) is 7.49. The second-order valence-electron chi connectivity index (χ2n) is 5.05. The molecule has 0 amide bonds. The maximum atomic E-state index is 12.6. The van der Waals surface area contributed by atoms with E-state index in [1.165, 1.54) is 7.11 Å².